The molecule has 0 spiro atoms. The Bertz CT molecular complexity index is 962. The fourth-order valence-electron chi connectivity index (χ4n) is 2.51. The van der Waals surface area contributed by atoms with Gasteiger partial charge in [-0.1, -0.05) is 30.3 Å². The lowest BCUT2D eigenvalue weighted by Crippen LogP contribution is -2.29. The monoisotopic (exact) mass is 378 g/mol. The Morgan fingerprint density at radius 3 is 2.67 bits per heavy atom. The molecule has 0 saturated carbocycles. The molecular formula is C21H18N2O3S. The molecule has 1 aliphatic rings. The number of benzene rings is 2. The number of nitrogens with zero attached hydrogens (tertiary/aromatic N) is 2. The predicted molar refractivity (Wildman–Crippen MR) is 109 cm³/mol. The number of carbonyl (C=O) groups is 2. The molecule has 0 bridgehead atoms. The van der Waals surface area contributed by atoms with Crippen LogP contribution in [0, 0.1) is 0 Å². The molecule has 0 aromatic heterocycles. The molecule has 1 aliphatic heterocycles. The van der Waals surface area contributed by atoms with Crippen molar-refractivity contribution >= 4 is 40.4 Å². The molecule has 0 unspecified atom stereocenters. The Balaban J connectivity index is 1.95. The van der Waals surface area contributed by atoms with Gasteiger partial charge in [-0.2, -0.15) is 0 Å². The molecule has 0 aliphatic carbocycles. The summed E-state index contributed by atoms with van der Waals surface area (Å²) in [6.07, 6.45) is 3.40. The van der Waals surface area contributed by atoms with Crippen molar-refractivity contribution in [1.82, 2.24) is 4.90 Å². The summed E-state index contributed by atoms with van der Waals surface area (Å²) in [5, 5.41) is 9.93. The van der Waals surface area contributed by atoms with Crippen LogP contribution in [-0.2, 0) is 4.79 Å². The van der Waals surface area contributed by atoms with Gasteiger partial charge in [-0.3, -0.25) is 14.5 Å². The topological polar surface area (TPSA) is 70.0 Å². The zero-order valence-electron chi connectivity index (χ0n) is 14.8. The maximum atomic E-state index is 12.7. The molecule has 2 aromatic rings. The maximum Gasteiger partial charge on any atom is 0.267 e. The highest BCUT2D eigenvalue weighted by Crippen LogP contribution is 2.34. The normalized spacial score (nSPS) is 16.9. The van der Waals surface area contributed by atoms with E-state index >= 15 is 0 Å². The van der Waals surface area contributed by atoms with E-state index in [1.807, 2.05) is 0 Å². The summed E-state index contributed by atoms with van der Waals surface area (Å²) in [5.74, 6) is -0.0269. The fraction of sp³-hybridized carbons (Fsp3) is 0.0952. The molecule has 1 saturated heterocycles. The number of rotatable bonds is 5. The molecule has 6 heteroatoms. The van der Waals surface area contributed by atoms with E-state index in [0.29, 0.717) is 27.9 Å². The average Bonchev–Trinajstić information content (AvgIpc) is 2.93. The Labute approximate surface area is 161 Å². The number of hydrogen-bond donors (Lipinski definition) is 1. The van der Waals surface area contributed by atoms with E-state index in [1.54, 1.807) is 65.6 Å². The van der Waals surface area contributed by atoms with Crippen LogP contribution >= 0.6 is 11.8 Å². The van der Waals surface area contributed by atoms with Crippen LogP contribution in [0.2, 0.25) is 0 Å². The number of phenolic OH excluding ortho intramolecular Hbond substituents is 1. The summed E-state index contributed by atoms with van der Waals surface area (Å²) in [4.78, 5) is 31.0. The fourth-order valence-corrected chi connectivity index (χ4v) is 3.52. The molecule has 136 valence electrons. The van der Waals surface area contributed by atoms with E-state index in [0.717, 1.165) is 5.56 Å². The van der Waals surface area contributed by atoms with E-state index in [1.165, 1.54) is 18.7 Å². The van der Waals surface area contributed by atoms with Gasteiger partial charge in [0.1, 0.15) is 5.75 Å². The number of Topliss-reactive ketones (excluding diaryl/α,β-unsaturated/α-hetero) is 1. The molecule has 2 aromatic carbocycles. The summed E-state index contributed by atoms with van der Waals surface area (Å²) < 4.78 is 0. The zero-order valence-corrected chi connectivity index (χ0v) is 15.6. The number of phenols is 1. The summed E-state index contributed by atoms with van der Waals surface area (Å²) in [6, 6.07) is 13.6. The van der Waals surface area contributed by atoms with Gasteiger partial charge < -0.3 is 5.11 Å². The number of amidine groups is 1. The second kappa shape index (κ2) is 8.05. The largest absolute Gasteiger partial charge is 0.508 e. The molecule has 1 N–H and O–H groups in total. The summed E-state index contributed by atoms with van der Waals surface area (Å²) in [5.41, 5.74) is 1.99. The number of thioether (sulfide) groups is 1. The van der Waals surface area contributed by atoms with Crippen molar-refractivity contribution in [2.24, 2.45) is 4.99 Å². The third-order valence-corrected chi connectivity index (χ3v) is 4.87. The number of hydrogen-bond acceptors (Lipinski definition) is 5. The van der Waals surface area contributed by atoms with Gasteiger partial charge in [0, 0.05) is 12.1 Å². The first-order chi connectivity index (χ1) is 13.0. The number of ketones is 1. The van der Waals surface area contributed by atoms with Crippen LogP contribution in [-0.4, -0.2) is 33.4 Å². The Morgan fingerprint density at radius 1 is 1.26 bits per heavy atom. The molecule has 0 atom stereocenters. The number of carbonyl (C=O) groups excluding carboxylic acids is 2. The first kappa shape index (κ1) is 18.7. The summed E-state index contributed by atoms with van der Waals surface area (Å²) in [7, 11) is 0. The lowest BCUT2D eigenvalue weighted by atomic mass is 10.1. The average molecular weight is 378 g/mol. The van der Waals surface area contributed by atoms with Crippen molar-refractivity contribution in [3.05, 3.63) is 77.2 Å². The molecule has 3 rings (SSSR count). The van der Waals surface area contributed by atoms with Gasteiger partial charge in [-0.15, -0.1) is 6.58 Å². The van der Waals surface area contributed by atoms with Gasteiger partial charge in [0.15, 0.2) is 11.0 Å². The van der Waals surface area contributed by atoms with Crippen LogP contribution in [0.25, 0.3) is 6.08 Å². The van der Waals surface area contributed by atoms with Crippen LogP contribution in [0.3, 0.4) is 0 Å². The lowest BCUT2D eigenvalue weighted by molar-refractivity contribution is -0.121. The van der Waals surface area contributed by atoms with E-state index in [9.17, 15) is 14.7 Å². The molecule has 1 fully saturated rings. The first-order valence-electron chi connectivity index (χ1n) is 8.29. The summed E-state index contributed by atoms with van der Waals surface area (Å²) in [6.45, 7) is 5.55. The van der Waals surface area contributed by atoms with Crippen molar-refractivity contribution in [3.63, 3.8) is 0 Å². The molecule has 27 heavy (non-hydrogen) atoms. The van der Waals surface area contributed by atoms with Gasteiger partial charge in [-0.05, 0) is 54.6 Å². The maximum absolute atomic E-state index is 12.7. The minimum absolute atomic E-state index is 0.0388. The smallest absolute Gasteiger partial charge is 0.267 e. The van der Waals surface area contributed by atoms with Crippen molar-refractivity contribution in [2.75, 3.05) is 6.54 Å². The van der Waals surface area contributed by atoms with E-state index < -0.39 is 0 Å². The number of aliphatic imine (C=N–C) groups is 1. The second-order valence-corrected chi connectivity index (χ2v) is 6.92. The SMILES string of the molecule is C=CCN1C(=O)/C(=C/c2ccc(O)cc2)SC1=Nc1cccc(C(C)=O)c1. The van der Waals surface area contributed by atoms with E-state index in [-0.39, 0.29) is 17.4 Å². The second-order valence-electron chi connectivity index (χ2n) is 5.91. The molecule has 0 radical (unpaired) electrons. The minimum atomic E-state index is -0.158. The highest BCUT2D eigenvalue weighted by molar-refractivity contribution is 8.18. The zero-order chi connectivity index (χ0) is 19.4. The third-order valence-electron chi connectivity index (χ3n) is 3.87. The van der Waals surface area contributed by atoms with E-state index in [4.69, 9.17) is 0 Å². The van der Waals surface area contributed by atoms with Gasteiger partial charge in [0.25, 0.3) is 5.91 Å². The van der Waals surface area contributed by atoms with Gasteiger partial charge in [-0.25, -0.2) is 4.99 Å². The van der Waals surface area contributed by atoms with Crippen molar-refractivity contribution in [3.8, 4) is 5.75 Å². The molecule has 1 heterocycles. The Hall–Kier alpha value is -3.12. The van der Waals surface area contributed by atoms with Crippen molar-refractivity contribution < 1.29 is 14.7 Å². The van der Waals surface area contributed by atoms with Crippen molar-refractivity contribution in [1.29, 1.82) is 0 Å². The van der Waals surface area contributed by atoms with Gasteiger partial charge in [0.2, 0.25) is 0 Å². The Morgan fingerprint density at radius 2 is 2.00 bits per heavy atom. The minimum Gasteiger partial charge on any atom is -0.508 e. The summed E-state index contributed by atoms with van der Waals surface area (Å²) >= 11 is 1.27. The van der Waals surface area contributed by atoms with E-state index in [2.05, 4.69) is 11.6 Å². The first-order valence-corrected chi connectivity index (χ1v) is 9.10. The van der Waals surface area contributed by atoms with Crippen LogP contribution in [0.4, 0.5) is 5.69 Å². The standard InChI is InChI=1S/C21H18N2O3S/c1-3-11-23-20(26)19(12-15-7-9-18(25)10-8-15)27-21(23)22-17-6-4-5-16(13-17)14(2)24/h3-10,12-13,25H,1,11H2,2H3/b19-12-,22-21?. The quantitative estimate of drug-likeness (QED) is 0.476. The highest BCUT2D eigenvalue weighted by atomic mass is 32.2. The molecule has 5 nitrogen and oxygen atoms in total. The van der Waals surface area contributed by atoms with Crippen LogP contribution in [0.1, 0.15) is 22.8 Å². The van der Waals surface area contributed by atoms with Crippen LogP contribution in [0.15, 0.2) is 71.1 Å². The van der Waals surface area contributed by atoms with Crippen LogP contribution in [0.5, 0.6) is 5.75 Å². The number of amides is 1. The molecule has 1 amide bonds. The predicted octanol–water partition coefficient (Wildman–Crippen LogP) is 4.38. The third kappa shape index (κ3) is 4.35. The van der Waals surface area contributed by atoms with Gasteiger partial charge in [0.05, 0.1) is 10.6 Å². The Kier molecular flexibility index (Phi) is 5.57. The highest BCUT2D eigenvalue weighted by Gasteiger charge is 2.32. The van der Waals surface area contributed by atoms with Gasteiger partial charge >= 0.3 is 0 Å². The number of aromatic hydroxyl groups is 1. The lowest BCUT2D eigenvalue weighted by Gasteiger charge is -2.12. The van der Waals surface area contributed by atoms with Crippen molar-refractivity contribution in [2.45, 2.75) is 6.92 Å². The molecular weight excluding hydrogens is 360 g/mol. The van der Waals surface area contributed by atoms with Crippen LogP contribution < -0.4 is 0 Å².